The molecule has 6 nitrogen and oxygen atoms in total. The Morgan fingerprint density at radius 1 is 1.04 bits per heavy atom. The molecule has 0 spiro atoms. The van der Waals surface area contributed by atoms with E-state index in [1.54, 1.807) is 24.3 Å². The van der Waals surface area contributed by atoms with Crippen molar-refractivity contribution in [3.63, 3.8) is 0 Å². The van der Waals surface area contributed by atoms with Crippen molar-refractivity contribution < 1.29 is 9.59 Å². The van der Waals surface area contributed by atoms with Crippen LogP contribution in [0.2, 0.25) is 5.02 Å². The summed E-state index contributed by atoms with van der Waals surface area (Å²) in [6.45, 7) is 4.00. The van der Waals surface area contributed by atoms with Crippen LogP contribution in [0, 0.1) is 13.8 Å². The number of Topliss-reactive ketones (excluding diaryl/α,β-unsaturated/α-hetero) is 1. The summed E-state index contributed by atoms with van der Waals surface area (Å²) in [5, 5.41) is 14.3. The predicted octanol–water partition coefficient (Wildman–Crippen LogP) is 5.43. The molecule has 0 aliphatic carbocycles. The second kappa shape index (κ2) is 9.18. The van der Waals surface area contributed by atoms with Gasteiger partial charge in [-0.2, -0.15) is 0 Å². The Labute approximate surface area is 175 Å². The number of hydrogen-bond donors (Lipinski definition) is 2. The fraction of sp³-hybridized carbons (Fsp3) is 0.158. The average Bonchev–Trinajstić information content (AvgIpc) is 3.10. The van der Waals surface area contributed by atoms with Crippen molar-refractivity contribution in [3.05, 3.63) is 64.2 Å². The summed E-state index contributed by atoms with van der Waals surface area (Å²) in [5.74, 6) is 0.198. The van der Waals surface area contributed by atoms with Crippen LogP contribution in [0.3, 0.4) is 0 Å². The number of carbonyl (C=O) groups excluding carboxylic acids is 2. The lowest BCUT2D eigenvalue weighted by Gasteiger charge is -2.07. The van der Waals surface area contributed by atoms with E-state index in [-0.39, 0.29) is 11.5 Å². The molecular weight excluding hydrogens is 416 g/mol. The number of nitrogens with zero attached hydrogens (tertiary/aromatic N) is 2. The van der Waals surface area contributed by atoms with Crippen molar-refractivity contribution in [2.45, 2.75) is 18.2 Å². The smallest absolute Gasteiger partial charge is 0.308 e. The molecule has 0 atom stereocenters. The summed E-state index contributed by atoms with van der Waals surface area (Å²) in [6, 6.07) is 12.0. The van der Waals surface area contributed by atoms with Gasteiger partial charge in [-0.25, -0.2) is 4.79 Å². The van der Waals surface area contributed by atoms with Gasteiger partial charge >= 0.3 is 6.03 Å². The highest BCUT2D eigenvalue weighted by atomic mass is 35.5. The van der Waals surface area contributed by atoms with Crippen LogP contribution < -0.4 is 10.6 Å². The third-order valence-electron chi connectivity index (χ3n) is 3.88. The van der Waals surface area contributed by atoms with E-state index in [0.717, 1.165) is 11.1 Å². The summed E-state index contributed by atoms with van der Waals surface area (Å²) in [4.78, 5) is 24.3. The molecule has 0 fully saturated rings. The quantitative estimate of drug-likeness (QED) is 0.308. The highest BCUT2D eigenvalue weighted by molar-refractivity contribution is 8.01. The van der Waals surface area contributed by atoms with Gasteiger partial charge < -0.3 is 5.32 Å². The number of aromatic nitrogens is 2. The lowest BCUT2D eigenvalue weighted by molar-refractivity contribution is 0.102. The molecule has 1 aromatic heterocycles. The van der Waals surface area contributed by atoms with Crippen LogP contribution in [0.1, 0.15) is 21.5 Å². The molecule has 28 heavy (non-hydrogen) atoms. The Morgan fingerprint density at radius 2 is 1.79 bits per heavy atom. The molecule has 0 unspecified atom stereocenters. The highest BCUT2D eigenvalue weighted by Gasteiger charge is 2.12. The largest absolute Gasteiger partial charge is 0.325 e. The number of urea groups is 1. The standard InChI is InChI=1S/C19H17ClN4O2S2/c1-11-3-8-15(9-12(11)2)21-17(26)22-18-23-24-19(28-18)27-10-16(25)13-4-6-14(20)7-5-13/h3-9H,10H2,1-2H3,(H2,21,22,23,26). The van der Waals surface area contributed by atoms with Crippen LogP contribution in [0.5, 0.6) is 0 Å². The van der Waals surface area contributed by atoms with E-state index in [1.807, 2.05) is 32.0 Å². The number of nitrogens with one attached hydrogen (secondary N) is 2. The van der Waals surface area contributed by atoms with Crippen molar-refractivity contribution in [2.75, 3.05) is 16.4 Å². The molecule has 2 amide bonds. The predicted molar refractivity (Wildman–Crippen MR) is 115 cm³/mol. The molecule has 3 rings (SSSR count). The maximum atomic E-state index is 12.2. The number of halogens is 1. The SMILES string of the molecule is Cc1ccc(NC(=O)Nc2nnc(SCC(=O)c3ccc(Cl)cc3)s2)cc1C. The first-order chi connectivity index (χ1) is 13.4. The van der Waals surface area contributed by atoms with E-state index in [0.29, 0.717) is 25.7 Å². The zero-order valence-corrected chi connectivity index (χ0v) is 17.5. The van der Waals surface area contributed by atoms with Gasteiger partial charge in [-0.1, -0.05) is 40.8 Å². The van der Waals surface area contributed by atoms with E-state index in [2.05, 4.69) is 20.8 Å². The highest BCUT2D eigenvalue weighted by Crippen LogP contribution is 2.26. The van der Waals surface area contributed by atoms with E-state index >= 15 is 0 Å². The maximum absolute atomic E-state index is 12.2. The Kier molecular flexibility index (Phi) is 6.66. The fourth-order valence-electron chi connectivity index (χ4n) is 2.24. The van der Waals surface area contributed by atoms with Gasteiger partial charge in [0.25, 0.3) is 0 Å². The van der Waals surface area contributed by atoms with Gasteiger partial charge in [-0.3, -0.25) is 10.1 Å². The van der Waals surface area contributed by atoms with Crippen molar-refractivity contribution in [2.24, 2.45) is 0 Å². The fourth-order valence-corrected chi connectivity index (χ4v) is 4.01. The summed E-state index contributed by atoms with van der Waals surface area (Å²) >= 11 is 8.31. The van der Waals surface area contributed by atoms with Gasteiger partial charge in [-0.15, -0.1) is 10.2 Å². The van der Waals surface area contributed by atoms with Crippen LogP contribution in [0.4, 0.5) is 15.6 Å². The summed E-state index contributed by atoms with van der Waals surface area (Å²) < 4.78 is 0.601. The third-order valence-corrected chi connectivity index (χ3v) is 6.11. The first-order valence-electron chi connectivity index (χ1n) is 8.31. The van der Waals surface area contributed by atoms with E-state index < -0.39 is 6.03 Å². The minimum Gasteiger partial charge on any atom is -0.308 e. The lowest BCUT2D eigenvalue weighted by atomic mass is 10.1. The van der Waals surface area contributed by atoms with Gasteiger partial charge in [0.15, 0.2) is 10.1 Å². The summed E-state index contributed by atoms with van der Waals surface area (Å²) in [5.41, 5.74) is 3.54. The number of amides is 2. The lowest BCUT2D eigenvalue weighted by Crippen LogP contribution is -2.19. The van der Waals surface area contributed by atoms with Gasteiger partial charge in [0.1, 0.15) is 0 Å². The molecule has 3 aromatic rings. The van der Waals surface area contributed by atoms with Crippen LogP contribution in [0.25, 0.3) is 0 Å². The molecule has 144 valence electrons. The van der Waals surface area contributed by atoms with Crippen molar-refractivity contribution in [1.82, 2.24) is 10.2 Å². The molecule has 2 N–H and O–H groups in total. The molecule has 0 saturated carbocycles. The number of carbonyl (C=O) groups is 2. The van der Waals surface area contributed by atoms with Crippen molar-refractivity contribution in [3.8, 4) is 0 Å². The second-order valence-electron chi connectivity index (χ2n) is 5.97. The minimum atomic E-state index is -0.395. The maximum Gasteiger partial charge on any atom is 0.325 e. The zero-order chi connectivity index (χ0) is 20.1. The average molecular weight is 433 g/mol. The van der Waals surface area contributed by atoms with Gasteiger partial charge in [0.2, 0.25) is 5.13 Å². The number of ketones is 1. The van der Waals surface area contributed by atoms with E-state index in [9.17, 15) is 9.59 Å². The van der Waals surface area contributed by atoms with Crippen molar-refractivity contribution >= 4 is 57.3 Å². The number of benzene rings is 2. The molecule has 1 heterocycles. The normalized spacial score (nSPS) is 10.5. The van der Waals surface area contributed by atoms with Gasteiger partial charge in [0, 0.05) is 16.3 Å². The molecular formula is C19H17ClN4O2S2. The number of hydrogen-bond acceptors (Lipinski definition) is 6. The van der Waals surface area contributed by atoms with Crippen molar-refractivity contribution in [1.29, 1.82) is 0 Å². The number of anilines is 2. The van der Waals surface area contributed by atoms with Crippen LogP contribution in [-0.2, 0) is 0 Å². The number of aryl methyl sites for hydroxylation is 2. The first kappa shape index (κ1) is 20.3. The summed E-state index contributed by atoms with van der Waals surface area (Å²) in [7, 11) is 0. The Bertz CT molecular complexity index is 1010. The van der Waals surface area contributed by atoms with E-state index in [1.165, 1.54) is 23.1 Å². The molecule has 0 saturated heterocycles. The molecule has 9 heteroatoms. The first-order valence-corrected chi connectivity index (χ1v) is 10.5. The Morgan fingerprint density at radius 3 is 2.50 bits per heavy atom. The number of thioether (sulfide) groups is 1. The minimum absolute atomic E-state index is 0.0288. The summed E-state index contributed by atoms with van der Waals surface area (Å²) in [6.07, 6.45) is 0. The molecule has 0 bridgehead atoms. The monoisotopic (exact) mass is 432 g/mol. The third kappa shape index (κ3) is 5.54. The number of rotatable bonds is 6. The van der Waals surface area contributed by atoms with E-state index in [4.69, 9.17) is 11.6 Å². The molecule has 0 radical (unpaired) electrons. The van der Waals surface area contributed by atoms with Crippen LogP contribution in [0.15, 0.2) is 46.8 Å². The molecule has 2 aromatic carbocycles. The van der Waals surface area contributed by atoms with Gasteiger partial charge in [-0.05, 0) is 61.4 Å². The molecule has 0 aliphatic heterocycles. The Balaban J connectivity index is 1.52. The van der Waals surface area contributed by atoms with Gasteiger partial charge in [0.05, 0.1) is 5.75 Å². The van der Waals surface area contributed by atoms with Crippen LogP contribution >= 0.6 is 34.7 Å². The Hall–Kier alpha value is -2.42. The zero-order valence-electron chi connectivity index (χ0n) is 15.2. The topological polar surface area (TPSA) is 84.0 Å². The second-order valence-corrected chi connectivity index (χ2v) is 8.61. The van der Waals surface area contributed by atoms with Crippen LogP contribution in [-0.4, -0.2) is 27.8 Å². The molecule has 0 aliphatic rings.